The molecular weight excluding hydrogens is 220 g/mol. The number of carbonyl (C=O) groups excluding carboxylic acids is 1. The molecule has 0 radical (unpaired) electrons. The molecule has 0 heterocycles. The monoisotopic (exact) mass is 236 g/mol. The first-order chi connectivity index (χ1) is 7.77. The second kappa shape index (κ2) is 7.09. The summed E-state index contributed by atoms with van der Waals surface area (Å²) in [4.78, 5) is 12.8. The van der Waals surface area contributed by atoms with Gasteiger partial charge < -0.3 is 11.1 Å². The number of amides is 1. The van der Waals surface area contributed by atoms with Crippen LogP contribution in [0.4, 0.5) is 0 Å². The molecule has 1 aromatic rings. The molecule has 3 N–H and O–H groups in total. The van der Waals surface area contributed by atoms with Crippen molar-refractivity contribution in [1.82, 2.24) is 5.32 Å². The summed E-state index contributed by atoms with van der Waals surface area (Å²) in [7, 11) is 0. The SMILES string of the molecule is CSc1ccc(C(=O)NC/C=C/CN)cc1. The average Bonchev–Trinajstić information content (AvgIpc) is 2.34. The molecular formula is C12H16N2OS. The Labute approximate surface area is 100 Å². The van der Waals surface area contributed by atoms with Crippen molar-refractivity contribution in [2.75, 3.05) is 19.3 Å². The Hall–Kier alpha value is -1.26. The third kappa shape index (κ3) is 4.08. The highest BCUT2D eigenvalue weighted by molar-refractivity contribution is 7.98. The van der Waals surface area contributed by atoms with E-state index in [-0.39, 0.29) is 5.91 Å². The number of carbonyl (C=O) groups is 1. The van der Waals surface area contributed by atoms with Crippen molar-refractivity contribution in [3.05, 3.63) is 42.0 Å². The van der Waals surface area contributed by atoms with E-state index in [1.165, 1.54) is 0 Å². The zero-order valence-corrected chi connectivity index (χ0v) is 10.1. The molecule has 16 heavy (non-hydrogen) atoms. The Kier molecular flexibility index (Phi) is 5.67. The Bertz CT molecular complexity index is 360. The molecule has 0 fully saturated rings. The Morgan fingerprint density at radius 2 is 2.06 bits per heavy atom. The lowest BCUT2D eigenvalue weighted by Gasteiger charge is -2.03. The van der Waals surface area contributed by atoms with Crippen molar-refractivity contribution in [2.45, 2.75) is 4.90 Å². The molecule has 0 aliphatic carbocycles. The van der Waals surface area contributed by atoms with Crippen molar-refractivity contribution in [3.63, 3.8) is 0 Å². The summed E-state index contributed by atoms with van der Waals surface area (Å²) in [5, 5.41) is 2.78. The van der Waals surface area contributed by atoms with Crippen LogP contribution in [0.2, 0.25) is 0 Å². The number of rotatable bonds is 5. The molecule has 0 bridgehead atoms. The van der Waals surface area contributed by atoms with Crippen LogP contribution < -0.4 is 11.1 Å². The van der Waals surface area contributed by atoms with Crippen molar-refractivity contribution in [2.24, 2.45) is 5.73 Å². The van der Waals surface area contributed by atoms with Gasteiger partial charge in [0, 0.05) is 23.5 Å². The van der Waals surface area contributed by atoms with E-state index in [4.69, 9.17) is 5.73 Å². The molecule has 0 aliphatic rings. The van der Waals surface area contributed by atoms with Gasteiger partial charge in [-0.1, -0.05) is 12.2 Å². The largest absolute Gasteiger partial charge is 0.349 e. The average molecular weight is 236 g/mol. The number of thioether (sulfide) groups is 1. The van der Waals surface area contributed by atoms with E-state index in [1.54, 1.807) is 11.8 Å². The fraction of sp³-hybridized carbons (Fsp3) is 0.250. The van der Waals surface area contributed by atoms with Crippen LogP contribution in [0.15, 0.2) is 41.3 Å². The van der Waals surface area contributed by atoms with Gasteiger partial charge in [0.15, 0.2) is 0 Å². The molecule has 0 saturated carbocycles. The minimum Gasteiger partial charge on any atom is -0.349 e. The Morgan fingerprint density at radius 1 is 1.38 bits per heavy atom. The van der Waals surface area contributed by atoms with E-state index < -0.39 is 0 Å². The fourth-order valence-electron chi connectivity index (χ4n) is 1.18. The van der Waals surface area contributed by atoms with Crippen LogP contribution in [0.1, 0.15) is 10.4 Å². The molecule has 1 rings (SSSR count). The first-order valence-electron chi connectivity index (χ1n) is 5.05. The van der Waals surface area contributed by atoms with Gasteiger partial charge in [-0.2, -0.15) is 0 Å². The fourth-order valence-corrected chi connectivity index (χ4v) is 1.58. The van der Waals surface area contributed by atoms with Crippen molar-refractivity contribution < 1.29 is 4.79 Å². The highest BCUT2D eigenvalue weighted by Gasteiger charge is 2.02. The first kappa shape index (κ1) is 12.8. The van der Waals surface area contributed by atoms with Crippen molar-refractivity contribution >= 4 is 17.7 Å². The van der Waals surface area contributed by atoms with Crippen molar-refractivity contribution in [3.8, 4) is 0 Å². The maximum absolute atomic E-state index is 11.6. The van der Waals surface area contributed by atoms with E-state index in [1.807, 2.05) is 42.7 Å². The summed E-state index contributed by atoms with van der Waals surface area (Å²) in [5.41, 5.74) is 5.97. The summed E-state index contributed by atoms with van der Waals surface area (Å²) < 4.78 is 0. The van der Waals surface area contributed by atoms with Gasteiger partial charge in [0.2, 0.25) is 0 Å². The number of benzene rings is 1. The summed E-state index contributed by atoms with van der Waals surface area (Å²) in [6.07, 6.45) is 5.66. The molecule has 4 heteroatoms. The molecule has 0 spiro atoms. The minimum absolute atomic E-state index is 0.0608. The molecule has 3 nitrogen and oxygen atoms in total. The first-order valence-corrected chi connectivity index (χ1v) is 6.27. The third-order valence-electron chi connectivity index (χ3n) is 2.04. The van der Waals surface area contributed by atoms with E-state index in [0.29, 0.717) is 18.7 Å². The van der Waals surface area contributed by atoms with Crippen LogP contribution in [-0.4, -0.2) is 25.3 Å². The normalized spacial score (nSPS) is 10.6. The lowest BCUT2D eigenvalue weighted by atomic mass is 10.2. The number of nitrogens with one attached hydrogen (secondary N) is 1. The second-order valence-electron chi connectivity index (χ2n) is 3.15. The van der Waals surface area contributed by atoms with Gasteiger partial charge in [-0.15, -0.1) is 11.8 Å². The summed E-state index contributed by atoms with van der Waals surface area (Å²) in [6, 6.07) is 7.53. The predicted molar refractivity (Wildman–Crippen MR) is 68.8 cm³/mol. The molecule has 1 amide bonds. The Morgan fingerprint density at radius 3 is 2.62 bits per heavy atom. The smallest absolute Gasteiger partial charge is 0.251 e. The van der Waals surface area contributed by atoms with E-state index >= 15 is 0 Å². The van der Waals surface area contributed by atoms with Crippen molar-refractivity contribution in [1.29, 1.82) is 0 Å². The van der Waals surface area contributed by atoms with Gasteiger partial charge in [0.05, 0.1) is 0 Å². The standard InChI is InChI=1S/C12H16N2OS/c1-16-11-6-4-10(5-7-11)12(15)14-9-3-2-8-13/h2-7H,8-9,13H2,1H3,(H,14,15)/b3-2+. The van der Waals surface area contributed by atoms with Crippen LogP contribution in [0.3, 0.4) is 0 Å². The summed E-state index contributed by atoms with van der Waals surface area (Å²) >= 11 is 1.66. The molecule has 1 aromatic carbocycles. The predicted octanol–water partition coefficient (Wildman–Crippen LogP) is 1.65. The highest BCUT2D eigenvalue weighted by atomic mass is 32.2. The Balaban J connectivity index is 2.49. The van der Waals surface area contributed by atoms with Crippen LogP contribution in [-0.2, 0) is 0 Å². The molecule has 0 saturated heterocycles. The molecule has 0 atom stereocenters. The maximum Gasteiger partial charge on any atom is 0.251 e. The van der Waals surface area contributed by atoms with Crippen LogP contribution in [0.25, 0.3) is 0 Å². The molecule has 86 valence electrons. The van der Waals surface area contributed by atoms with Gasteiger partial charge in [0.1, 0.15) is 0 Å². The van der Waals surface area contributed by atoms with Gasteiger partial charge in [-0.3, -0.25) is 4.79 Å². The minimum atomic E-state index is -0.0608. The third-order valence-corrected chi connectivity index (χ3v) is 2.78. The quantitative estimate of drug-likeness (QED) is 0.604. The van der Waals surface area contributed by atoms with E-state index in [2.05, 4.69) is 5.32 Å². The van der Waals surface area contributed by atoms with E-state index in [9.17, 15) is 4.79 Å². The van der Waals surface area contributed by atoms with Crippen LogP contribution >= 0.6 is 11.8 Å². The molecule has 0 aromatic heterocycles. The van der Waals surface area contributed by atoms with Gasteiger partial charge in [-0.05, 0) is 30.5 Å². The topological polar surface area (TPSA) is 55.1 Å². The van der Waals surface area contributed by atoms with E-state index in [0.717, 1.165) is 4.90 Å². The zero-order chi connectivity index (χ0) is 11.8. The summed E-state index contributed by atoms with van der Waals surface area (Å²) in [6.45, 7) is 1.01. The second-order valence-corrected chi connectivity index (χ2v) is 4.03. The lowest BCUT2D eigenvalue weighted by molar-refractivity contribution is 0.0958. The maximum atomic E-state index is 11.6. The van der Waals surface area contributed by atoms with Crippen LogP contribution in [0.5, 0.6) is 0 Å². The molecule has 0 aliphatic heterocycles. The lowest BCUT2D eigenvalue weighted by Crippen LogP contribution is -2.23. The number of hydrogen-bond acceptors (Lipinski definition) is 3. The zero-order valence-electron chi connectivity index (χ0n) is 9.27. The summed E-state index contributed by atoms with van der Waals surface area (Å²) in [5.74, 6) is -0.0608. The van der Waals surface area contributed by atoms with Crippen LogP contribution in [0, 0.1) is 0 Å². The number of nitrogens with two attached hydrogens (primary N) is 1. The van der Waals surface area contributed by atoms with Gasteiger partial charge >= 0.3 is 0 Å². The number of hydrogen-bond donors (Lipinski definition) is 2. The molecule has 0 unspecified atom stereocenters. The highest BCUT2D eigenvalue weighted by Crippen LogP contribution is 2.14. The van der Waals surface area contributed by atoms with Gasteiger partial charge in [-0.25, -0.2) is 0 Å². The van der Waals surface area contributed by atoms with Gasteiger partial charge in [0.25, 0.3) is 5.91 Å².